The van der Waals surface area contributed by atoms with Gasteiger partial charge in [0.15, 0.2) is 0 Å². The van der Waals surface area contributed by atoms with Gasteiger partial charge in [-0.1, -0.05) is 78.7 Å². The van der Waals surface area contributed by atoms with Gasteiger partial charge in [-0.2, -0.15) is 0 Å². The average molecular weight is 451 g/mol. The lowest BCUT2D eigenvalue weighted by atomic mass is 9.72. The second-order valence-corrected chi connectivity index (χ2v) is 9.52. The van der Waals surface area contributed by atoms with Crippen LogP contribution >= 0.6 is 0 Å². The molecule has 0 radical (unpaired) electrons. The number of hydrogen-bond donors (Lipinski definition) is 0. The minimum absolute atomic E-state index is 0.00272. The molecule has 3 atom stereocenters. The number of fused-ring (bicyclic) bond motifs is 2. The van der Waals surface area contributed by atoms with Crippen molar-refractivity contribution in [2.45, 2.75) is 52.0 Å². The molecular weight excluding hydrogens is 420 g/mol. The summed E-state index contributed by atoms with van der Waals surface area (Å²) in [5.41, 5.74) is 6.92. The number of carbonyl (C=O) groups is 2. The van der Waals surface area contributed by atoms with Crippen LogP contribution in [0.5, 0.6) is 0 Å². The van der Waals surface area contributed by atoms with Crippen LogP contribution in [0.25, 0.3) is 0 Å². The Kier molecular flexibility index (Phi) is 5.91. The third-order valence-electron chi connectivity index (χ3n) is 7.15. The molecule has 0 saturated heterocycles. The summed E-state index contributed by atoms with van der Waals surface area (Å²) in [6.45, 7) is 6.00. The summed E-state index contributed by atoms with van der Waals surface area (Å²) in [7, 11) is 0. The number of rotatable bonds is 3. The van der Waals surface area contributed by atoms with E-state index < -0.39 is 12.0 Å². The molecule has 0 bridgehead atoms. The molecule has 0 spiro atoms. The van der Waals surface area contributed by atoms with Gasteiger partial charge in [0, 0.05) is 18.6 Å². The standard InChI is InChI=1S/C30H30N2O2/c1-4-28(34)32-26-8-6-5-7-24(26)31-25-17-23(21-13-9-19(2)10-14-21)18-27(33)29(25)30(32)22-15-11-20(3)12-16-22/h5-16,23,29-30H,4,17-18H2,1-3H3. The molecule has 5 rings (SSSR count). The fourth-order valence-corrected chi connectivity index (χ4v) is 5.34. The van der Waals surface area contributed by atoms with Crippen molar-refractivity contribution in [3.8, 4) is 0 Å². The number of anilines is 1. The first-order valence-electron chi connectivity index (χ1n) is 12.1. The predicted octanol–water partition coefficient (Wildman–Crippen LogP) is 6.64. The van der Waals surface area contributed by atoms with Gasteiger partial charge in [-0.3, -0.25) is 14.6 Å². The first kappa shape index (κ1) is 22.3. The van der Waals surface area contributed by atoms with Gasteiger partial charge in [-0.15, -0.1) is 0 Å². The minimum Gasteiger partial charge on any atom is -0.302 e. The summed E-state index contributed by atoms with van der Waals surface area (Å²) in [4.78, 5) is 34.2. The molecule has 4 heteroatoms. The molecule has 1 saturated carbocycles. The van der Waals surface area contributed by atoms with Crippen molar-refractivity contribution in [1.29, 1.82) is 0 Å². The highest BCUT2D eigenvalue weighted by Gasteiger charge is 2.45. The largest absolute Gasteiger partial charge is 0.302 e. The molecule has 1 fully saturated rings. The van der Waals surface area contributed by atoms with Crippen molar-refractivity contribution in [1.82, 2.24) is 0 Å². The molecule has 172 valence electrons. The van der Waals surface area contributed by atoms with Crippen LogP contribution in [0, 0.1) is 19.8 Å². The number of carbonyl (C=O) groups excluding carboxylic acids is 2. The van der Waals surface area contributed by atoms with Gasteiger partial charge < -0.3 is 4.90 Å². The average Bonchev–Trinajstić information content (AvgIpc) is 2.99. The second kappa shape index (κ2) is 9.02. The van der Waals surface area contributed by atoms with Gasteiger partial charge in [0.25, 0.3) is 0 Å². The van der Waals surface area contributed by atoms with E-state index in [4.69, 9.17) is 4.99 Å². The number of Topliss-reactive ketones (excluding diaryl/α,β-unsaturated/α-hetero) is 1. The van der Waals surface area contributed by atoms with Crippen molar-refractivity contribution in [2.75, 3.05) is 4.90 Å². The lowest BCUT2D eigenvalue weighted by molar-refractivity contribution is -0.123. The van der Waals surface area contributed by atoms with Crippen LogP contribution in [-0.2, 0) is 9.59 Å². The fraction of sp³-hybridized carbons (Fsp3) is 0.300. The molecule has 1 heterocycles. The molecule has 4 nitrogen and oxygen atoms in total. The van der Waals surface area contributed by atoms with E-state index >= 15 is 0 Å². The zero-order valence-electron chi connectivity index (χ0n) is 20.0. The molecular formula is C30H30N2O2. The van der Waals surface area contributed by atoms with Crippen molar-refractivity contribution >= 4 is 28.8 Å². The highest BCUT2D eigenvalue weighted by Crippen LogP contribution is 2.47. The molecule has 3 aromatic rings. The van der Waals surface area contributed by atoms with E-state index in [-0.39, 0.29) is 17.6 Å². The van der Waals surface area contributed by atoms with Crippen LogP contribution in [0.2, 0.25) is 0 Å². The minimum atomic E-state index is -0.452. The summed E-state index contributed by atoms with van der Waals surface area (Å²) in [6.07, 6.45) is 1.53. The lowest BCUT2D eigenvalue weighted by Crippen LogP contribution is -2.45. The zero-order chi connectivity index (χ0) is 23.8. The highest BCUT2D eigenvalue weighted by molar-refractivity contribution is 6.13. The Hall–Kier alpha value is -3.53. The van der Waals surface area contributed by atoms with E-state index in [1.165, 1.54) is 11.1 Å². The van der Waals surface area contributed by atoms with E-state index in [0.717, 1.165) is 28.2 Å². The smallest absolute Gasteiger partial charge is 0.227 e. The maximum atomic E-state index is 13.9. The van der Waals surface area contributed by atoms with E-state index in [1.54, 1.807) is 0 Å². The maximum Gasteiger partial charge on any atom is 0.227 e. The molecule has 3 aromatic carbocycles. The molecule has 1 aliphatic carbocycles. The number of hydrogen-bond acceptors (Lipinski definition) is 3. The fourth-order valence-electron chi connectivity index (χ4n) is 5.34. The number of aryl methyl sites for hydroxylation is 2. The number of aliphatic imine (C=N–C) groups is 1. The Morgan fingerprint density at radius 1 is 0.882 bits per heavy atom. The Bertz CT molecular complexity index is 1260. The first-order valence-corrected chi connectivity index (χ1v) is 12.1. The molecule has 3 unspecified atom stereocenters. The number of ketones is 1. The van der Waals surface area contributed by atoms with Gasteiger partial charge in [0.2, 0.25) is 5.91 Å². The Morgan fingerprint density at radius 3 is 2.15 bits per heavy atom. The van der Waals surface area contributed by atoms with Crippen molar-refractivity contribution in [3.05, 3.63) is 95.1 Å². The quantitative estimate of drug-likeness (QED) is 0.449. The third kappa shape index (κ3) is 3.98. The van der Waals surface area contributed by atoms with Gasteiger partial charge in [0.05, 0.1) is 23.3 Å². The first-order chi connectivity index (χ1) is 16.5. The molecule has 0 aromatic heterocycles. The summed E-state index contributed by atoms with van der Waals surface area (Å²) < 4.78 is 0. The van der Waals surface area contributed by atoms with E-state index in [9.17, 15) is 9.59 Å². The van der Waals surface area contributed by atoms with E-state index in [0.29, 0.717) is 19.3 Å². The van der Waals surface area contributed by atoms with E-state index in [2.05, 4.69) is 55.5 Å². The monoisotopic (exact) mass is 450 g/mol. The van der Waals surface area contributed by atoms with Gasteiger partial charge in [-0.25, -0.2) is 0 Å². The molecule has 1 aliphatic heterocycles. The van der Waals surface area contributed by atoms with Gasteiger partial charge in [0.1, 0.15) is 5.78 Å². The SMILES string of the molecule is CCC(=O)N1c2ccccc2N=C2CC(c3ccc(C)cc3)CC(=O)C2C1c1ccc(C)cc1. The van der Waals surface area contributed by atoms with Crippen LogP contribution in [0.15, 0.2) is 77.8 Å². The van der Waals surface area contributed by atoms with Crippen LogP contribution in [0.3, 0.4) is 0 Å². The number of nitrogens with zero attached hydrogens (tertiary/aromatic N) is 2. The van der Waals surface area contributed by atoms with Crippen molar-refractivity contribution in [3.63, 3.8) is 0 Å². The summed E-state index contributed by atoms with van der Waals surface area (Å²) in [5.74, 6) is -0.194. The summed E-state index contributed by atoms with van der Waals surface area (Å²) >= 11 is 0. The summed E-state index contributed by atoms with van der Waals surface area (Å²) in [5, 5.41) is 0. The Morgan fingerprint density at radius 2 is 1.50 bits per heavy atom. The molecule has 0 N–H and O–H groups in total. The molecule has 1 amide bonds. The molecule has 34 heavy (non-hydrogen) atoms. The van der Waals surface area contributed by atoms with Crippen molar-refractivity contribution < 1.29 is 9.59 Å². The topological polar surface area (TPSA) is 49.7 Å². The van der Waals surface area contributed by atoms with Crippen molar-refractivity contribution in [2.24, 2.45) is 10.9 Å². The summed E-state index contributed by atoms with van der Waals surface area (Å²) in [6, 6.07) is 24.1. The number of amides is 1. The highest BCUT2D eigenvalue weighted by atomic mass is 16.2. The predicted molar refractivity (Wildman–Crippen MR) is 137 cm³/mol. The molecule has 2 aliphatic rings. The Labute approximate surface area is 201 Å². The number of benzene rings is 3. The zero-order valence-corrected chi connectivity index (χ0v) is 20.0. The van der Waals surface area contributed by atoms with Crippen LogP contribution in [0.4, 0.5) is 11.4 Å². The van der Waals surface area contributed by atoms with Crippen LogP contribution in [0.1, 0.15) is 60.4 Å². The third-order valence-corrected chi connectivity index (χ3v) is 7.15. The Balaban J connectivity index is 1.67. The second-order valence-electron chi connectivity index (χ2n) is 9.52. The van der Waals surface area contributed by atoms with Gasteiger partial charge in [-0.05, 0) is 49.4 Å². The van der Waals surface area contributed by atoms with E-state index in [1.807, 2.05) is 43.0 Å². The van der Waals surface area contributed by atoms with Crippen LogP contribution < -0.4 is 4.90 Å². The number of para-hydroxylation sites is 2. The normalized spacial score (nSPS) is 21.9. The van der Waals surface area contributed by atoms with Gasteiger partial charge >= 0.3 is 0 Å². The lowest BCUT2D eigenvalue weighted by Gasteiger charge is -2.39. The maximum absolute atomic E-state index is 13.9. The van der Waals surface area contributed by atoms with Crippen LogP contribution in [-0.4, -0.2) is 17.4 Å².